The predicted molar refractivity (Wildman–Crippen MR) is 52.5 cm³/mol. The normalized spacial score (nSPS) is 11.2. The summed E-state index contributed by atoms with van der Waals surface area (Å²) in [7, 11) is -3.17. The van der Waals surface area contributed by atoms with Crippen LogP contribution in [0, 0.1) is 0 Å². The zero-order valence-electron chi connectivity index (χ0n) is 7.91. The molecule has 0 bridgehead atoms. The van der Waals surface area contributed by atoms with Gasteiger partial charge in [0, 0.05) is 25.2 Å². The van der Waals surface area contributed by atoms with E-state index in [1.54, 1.807) is 0 Å². The van der Waals surface area contributed by atoms with E-state index in [0.29, 0.717) is 6.54 Å². The molecule has 6 nitrogen and oxygen atoms in total. The van der Waals surface area contributed by atoms with Gasteiger partial charge in [0.25, 0.3) is 0 Å². The van der Waals surface area contributed by atoms with Crippen LogP contribution in [0.5, 0.6) is 0 Å². The van der Waals surface area contributed by atoms with E-state index in [-0.39, 0.29) is 18.7 Å². The van der Waals surface area contributed by atoms with Gasteiger partial charge in [-0.2, -0.15) is 0 Å². The summed E-state index contributed by atoms with van der Waals surface area (Å²) < 4.78 is 23.4. The van der Waals surface area contributed by atoms with Gasteiger partial charge in [-0.1, -0.05) is 6.58 Å². The Hall–Kier alpha value is -0.920. The maximum Gasteiger partial charge on any atom is 0.332 e. The molecule has 0 radical (unpaired) electrons. The van der Waals surface area contributed by atoms with Crippen LogP contribution in [0.4, 0.5) is 0 Å². The van der Waals surface area contributed by atoms with Crippen molar-refractivity contribution in [3.8, 4) is 0 Å². The minimum Gasteiger partial charge on any atom is -0.478 e. The smallest absolute Gasteiger partial charge is 0.332 e. The van der Waals surface area contributed by atoms with Crippen molar-refractivity contribution in [3.05, 3.63) is 12.2 Å². The van der Waals surface area contributed by atoms with E-state index in [9.17, 15) is 13.2 Å². The fourth-order valence-electron chi connectivity index (χ4n) is 0.640. The molecular formula is C7H14N2O4S. The molecule has 82 valence electrons. The van der Waals surface area contributed by atoms with Crippen molar-refractivity contribution in [1.82, 2.24) is 10.0 Å². The molecule has 0 unspecified atom stereocenters. The van der Waals surface area contributed by atoms with Gasteiger partial charge in [0.1, 0.15) is 0 Å². The molecule has 0 fully saturated rings. The average Bonchev–Trinajstić information content (AvgIpc) is 2.01. The highest BCUT2D eigenvalue weighted by atomic mass is 32.2. The summed E-state index contributed by atoms with van der Waals surface area (Å²) in [6, 6.07) is 0. The molecule has 0 aliphatic rings. The van der Waals surface area contributed by atoms with Crippen LogP contribution in [0.1, 0.15) is 0 Å². The van der Waals surface area contributed by atoms with Crippen LogP contribution in [-0.2, 0) is 14.8 Å². The van der Waals surface area contributed by atoms with Crippen LogP contribution in [0.2, 0.25) is 0 Å². The van der Waals surface area contributed by atoms with Gasteiger partial charge < -0.3 is 10.4 Å². The molecule has 0 spiro atoms. The van der Waals surface area contributed by atoms with Gasteiger partial charge >= 0.3 is 5.97 Å². The Balaban J connectivity index is 3.49. The molecule has 0 amide bonds. The molecule has 0 heterocycles. The van der Waals surface area contributed by atoms with Crippen molar-refractivity contribution >= 4 is 16.0 Å². The Bertz CT molecular complexity index is 310. The fraction of sp³-hybridized carbons (Fsp3) is 0.571. The lowest BCUT2D eigenvalue weighted by Gasteiger charge is -2.04. The number of sulfonamides is 1. The van der Waals surface area contributed by atoms with Crippen molar-refractivity contribution in [2.75, 3.05) is 25.9 Å². The Morgan fingerprint density at radius 3 is 2.43 bits per heavy atom. The number of carboxylic acids is 1. The molecule has 0 saturated heterocycles. The molecule has 3 N–H and O–H groups in total. The van der Waals surface area contributed by atoms with E-state index in [1.165, 1.54) is 0 Å². The molecule has 0 rings (SSSR count). The van der Waals surface area contributed by atoms with E-state index >= 15 is 0 Å². The lowest BCUT2D eigenvalue weighted by molar-refractivity contribution is -0.132. The standard InChI is InChI=1S/C7H14N2O4S/c1-6(7(10)11)5-8-3-4-9-14(2,12)13/h8-9H,1,3-5H2,2H3,(H,10,11). The molecule has 0 aliphatic heterocycles. The van der Waals surface area contributed by atoms with Gasteiger partial charge in [-0.15, -0.1) is 0 Å². The molecule has 0 saturated carbocycles. The van der Waals surface area contributed by atoms with E-state index in [2.05, 4.69) is 16.6 Å². The third kappa shape index (κ3) is 7.71. The zero-order valence-corrected chi connectivity index (χ0v) is 8.73. The molecular weight excluding hydrogens is 208 g/mol. The SMILES string of the molecule is C=C(CNCCNS(C)(=O)=O)C(=O)O. The fourth-order valence-corrected chi connectivity index (χ4v) is 1.11. The summed E-state index contributed by atoms with van der Waals surface area (Å²) in [4.78, 5) is 10.3. The van der Waals surface area contributed by atoms with Crippen molar-refractivity contribution in [1.29, 1.82) is 0 Å². The van der Waals surface area contributed by atoms with Crippen LogP contribution >= 0.6 is 0 Å². The van der Waals surface area contributed by atoms with Crippen molar-refractivity contribution in [2.45, 2.75) is 0 Å². The van der Waals surface area contributed by atoms with Crippen LogP contribution < -0.4 is 10.0 Å². The van der Waals surface area contributed by atoms with E-state index in [0.717, 1.165) is 6.26 Å². The van der Waals surface area contributed by atoms with Crippen molar-refractivity contribution in [3.63, 3.8) is 0 Å². The van der Waals surface area contributed by atoms with Gasteiger partial charge in [-0.25, -0.2) is 17.9 Å². The molecule has 0 aromatic carbocycles. The van der Waals surface area contributed by atoms with Crippen molar-refractivity contribution in [2.24, 2.45) is 0 Å². The number of aliphatic carboxylic acids is 1. The largest absolute Gasteiger partial charge is 0.478 e. The lowest BCUT2D eigenvalue weighted by atomic mass is 10.3. The summed E-state index contributed by atoms with van der Waals surface area (Å²) >= 11 is 0. The minimum atomic E-state index is -3.17. The number of hydrogen-bond donors (Lipinski definition) is 3. The maximum atomic E-state index is 10.6. The molecule has 0 atom stereocenters. The predicted octanol–water partition coefficient (Wildman–Crippen LogP) is -1.23. The van der Waals surface area contributed by atoms with Crippen molar-refractivity contribution < 1.29 is 18.3 Å². The molecule has 7 heteroatoms. The van der Waals surface area contributed by atoms with Gasteiger partial charge in [0.15, 0.2) is 0 Å². The quantitative estimate of drug-likeness (QED) is 0.370. The highest BCUT2D eigenvalue weighted by Crippen LogP contribution is 1.85. The monoisotopic (exact) mass is 222 g/mol. The van der Waals surface area contributed by atoms with E-state index in [4.69, 9.17) is 5.11 Å². The number of rotatable bonds is 7. The van der Waals surface area contributed by atoms with Gasteiger partial charge in [-0.05, 0) is 0 Å². The maximum absolute atomic E-state index is 10.6. The van der Waals surface area contributed by atoms with Crippen LogP contribution in [0.25, 0.3) is 0 Å². The first-order valence-electron chi connectivity index (χ1n) is 3.89. The highest BCUT2D eigenvalue weighted by Gasteiger charge is 2.02. The Kier molecular flexibility index (Phi) is 5.36. The average molecular weight is 222 g/mol. The Morgan fingerprint density at radius 2 is 2.00 bits per heavy atom. The third-order valence-electron chi connectivity index (χ3n) is 1.31. The summed E-state index contributed by atoms with van der Waals surface area (Å²) in [5.41, 5.74) is 0.0457. The summed E-state index contributed by atoms with van der Waals surface area (Å²) in [5.74, 6) is -1.06. The summed E-state index contributed by atoms with van der Waals surface area (Å²) in [6.07, 6.45) is 1.06. The number of nitrogens with one attached hydrogen (secondary N) is 2. The van der Waals surface area contributed by atoms with Crippen LogP contribution in [0.15, 0.2) is 12.2 Å². The first kappa shape index (κ1) is 13.1. The van der Waals surface area contributed by atoms with Gasteiger partial charge in [0.05, 0.1) is 6.26 Å². The van der Waals surface area contributed by atoms with E-state index < -0.39 is 16.0 Å². The summed E-state index contributed by atoms with van der Waals surface area (Å²) in [6.45, 7) is 4.03. The zero-order chi connectivity index (χ0) is 11.2. The molecule has 14 heavy (non-hydrogen) atoms. The second kappa shape index (κ2) is 5.74. The lowest BCUT2D eigenvalue weighted by Crippen LogP contribution is -2.32. The van der Waals surface area contributed by atoms with Crippen LogP contribution in [-0.4, -0.2) is 45.4 Å². The van der Waals surface area contributed by atoms with E-state index in [1.807, 2.05) is 0 Å². The second-order valence-electron chi connectivity index (χ2n) is 2.75. The Labute approximate surface area is 83.1 Å². The second-order valence-corrected chi connectivity index (χ2v) is 4.58. The van der Waals surface area contributed by atoms with Gasteiger partial charge in [-0.3, -0.25) is 0 Å². The summed E-state index contributed by atoms with van der Waals surface area (Å²) in [5, 5.41) is 11.1. The third-order valence-corrected chi connectivity index (χ3v) is 2.04. The molecule has 0 aromatic heterocycles. The number of hydrogen-bond acceptors (Lipinski definition) is 4. The molecule has 0 aromatic rings. The number of carboxylic acid groups (broad SMARTS) is 1. The first-order chi connectivity index (χ1) is 6.33. The minimum absolute atomic E-state index is 0.0457. The molecule has 0 aliphatic carbocycles. The van der Waals surface area contributed by atoms with Crippen LogP contribution in [0.3, 0.4) is 0 Å². The first-order valence-corrected chi connectivity index (χ1v) is 5.78. The Morgan fingerprint density at radius 1 is 1.43 bits per heavy atom. The number of carbonyl (C=O) groups is 1. The highest BCUT2D eigenvalue weighted by molar-refractivity contribution is 7.88. The van der Waals surface area contributed by atoms with Gasteiger partial charge in [0.2, 0.25) is 10.0 Å². The topological polar surface area (TPSA) is 95.5 Å².